The van der Waals surface area contributed by atoms with E-state index < -0.39 is 19.4 Å². The van der Waals surface area contributed by atoms with E-state index in [1.54, 1.807) is 0 Å². The smallest absolute Gasteiger partial charge is 0.399 e. The number of halogens is 3. The largest absolute Gasteiger partial charge is 0.494 e. The number of aliphatic hydroxyl groups is 1. The van der Waals surface area contributed by atoms with E-state index in [4.69, 9.17) is 9.31 Å². The van der Waals surface area contributed by atoms with Gasteiger partial charge in [-0.25, -0.2) is 4.98 Å². The third-order valence-electron chi connectivity index (χ3n) is 6.78. The fourth-order valence-corrected chi connectivity index (χ4v) is 3.95. The molecular formula is C23H29BF3N3O3. The number of hydrogen-bond donors (Lipinski definition) is 1. The minimum atomic E-state index is -4.70. The molecule has 0 saturated carbocycles. The van der Waals surface area contributed by atoms with E-state index in [1.807, 2.05) is 44.7 Å². The summed E-state index contributed by atoms with van der Waals surface area (Å²) < 4.78 is 50.2. The van der Waals surface area contributed by atoms with E-state index in [1.165, 1.54) is 12.1 Å². The van der Waals surface area contributed by atoms with Crippen molar-refractivity contribution in [1.29, 1.82) is 0 Å². The van der Waals surface area contributed by atoms with Gasteiger partial charge in [0.05, 0.1) is 11.2 Å². The first kappa shape index (κ1) is 23.8. The Bertz CT molecular complexity index is 944. The summed E-state index contributed by atoms with van der Waals surface area (Å²) in [4.78, 5) is 8.42. The van der Waals surface area contributed by atoms with Crippen molar-refractivity contribution in [2.75, 3.05) is 36.0 Å². The van der Waals surface area contributed by atoms with E-state index in [2.05, 4.69) is 22.0 Å². The van der Waals surface area contributed by atoms with E-state index >= 15 is 0 Å². The Labute approximate surface area is 192 Å². The zero-order valence-corrected chi connectivity index (χ0v) is 19.3. The number of hydrogen-bond acceptors (Lipinski definition) is 6. The average Bonchev–Trinajstić information content (AvgIpc) is 3.00. The quantitative estimate of drug-likeness (QED) is 0.703. The molecule has 2 aromatic rings. The molecule has 2 aliphatic heterocycles. The second kappa shape index (κ2) is 8.49. The molecule has 0 amide bonds. The predicted molar refractivity (Wildman–Crippen MR) is 122 cm³/mol. The standard InChI is InChI=1S/C23H29BF3N3O3/c1-21(2)22(3,4)33-24(32-21)17-6-8-18(9-7-17)29-11-13-30(14-12-29)19-10-5-16(15-28-19)20(31)23(25,26)27/h5-10,15,20,31H,11-14H2,1-4H3. The molecule has 1 aromatic carbocycles. The third kappa shape index (κ3) is 4.83. The lowest BCUT2D eigenvalue weighted by atomic mass is 9.79. The average molecular weight is 463 g/mol. The molecule has 1 unspecified atom stereocenters. The predicted octanol–water partition coefficient (Wildman–Crippen LogP) is 3.30. The summed E-state index contributed by atoms with van der Waals surface area (Å²) in [6.07, 6.45) is -6.13. The van der Waals surface area contributed by atoms with Crippen LogP contribution >= 0.6 is 0 Å². The van der Waals surface area contributed by atoms with Crippen molar-refractivity contribution in [2.24, 2.45) is 0 Å². The second-order valence-corrected chi connectivity index (χ2v) is 9.55. The Kier molecular flexibility index (Phi) is 6.13. The first-order valence-corrected chi connectivity index (χ1v) is 11.0. The monoisotopic (exact) mass is 463 g/mol. The molecule has 178 valence electrons. The molecule has 10 heteroatoms. The van der Waals surface area contributed by atoms with Gasteiger partial charge in [0.2, 0.25) is 0 Å². The summed E-state index contributed by atoms with van der Waals surface area (Å²) >= 11 is 0. The van der Waals surface area contributed by atoms with Gasteiger partial charge in [-0.1, -0.05) is 18.2 Å². The molecule has 1 N–H and O–H groups in total. The summed E-state index contributed by atoms with van der Waals surface area (Å²) in [6.45, 7) is 11.0. The van der Waals surface area contributed by atoms with Crippen LogP contribution in [0.5, 0.6) is 0 Å². The number of piperazine rings is 1. The number of alkyl halides is 3. The van der Waals surface area contributed by atoms with Crippen LogP contribution in [0.2, 0.25) is 0 Å². The fraction of sp³-hybridized carbons (Fsp3) is 0.522. The molecule has 1 aromatic heterocycles. The number of aromatic nitrogens is 1. The fourth-order valence-electron chi connectivity index (χ4n) is 3.95. The van der Waals surface area contributed by atoms with Crippen molar-refractivity contribution in [3.8, 4) is 0 Å². The molecule has 4 rings (SSSR count). The van der Waals surface area contributed by atoms with Crippen LogP contribution < -0.4 is 15.3 Å². The normalized spacial score (nSPS) is 21.4. The van der Waals surface area contributed by atoms with E-state index in [-0.39, 0.29) is 16.8 Å². The van der Waals surface area contributed by atoms with Gasteiger partial charge in [0.15, 0.2) is 6.10 Å². The Balaban J connectivity index is 1.35. The maximum Gasteiger partial charge on any atom is 0.494 e. The van der Waals surface area contributed by atoms with Crippen LogP contribution in [0.25, 0.3) is 0 Å². The van der Waals surface area contributed by atoms with E-state index in [0.717, 1.165) is 30.4 Å². The SMILES string of the molecule is CC1(C)OB(c2ccc(N3CCN(c4ccc(C(O)C(F)(F)F)cn4)CC3)cc2)OC1(C)C. The van der Waals surface area contributed by atoms with Gasteiger partial charge in [0.25, 0.3) is 0 Å². The third-order valence-corrected chi connectivity index (χ3v) is 6.78. The van der Waals surface area contributed by atoms with E-state index in [9.17, 15) is 18.3 Å². The molecule has 0 spiro atoms. The van der Waals surface area contributed by atoms with Gasteiger partial charge >= 0.3 is 13.3 Å². The molecular weight excluding hydrogens is 434 g/mol. The Morgan fingerprint density at radius 2 is 1.45 bits per heavy atom. The van der Waals surface area contributed by atoms with Gasteiger partial charge in [-0.2, -0.15) is 13.2 Å². The molecule has 1 atom stereocenters. The molecule has 2 saturated heterocycles. The highest BCUT2D eigenvalue weighted by Gasteiger charge is 2.51. The van der Waals surface area contributed by atoms with Gasteiger partial charge in [0, 0.05) is 43.6 Å². The van der Waals surface area contributed by atoms with Crippen LogP contribution in [0, 0.1) is 0 Å². The lowest BCUT2D eigenvalue weighted by Gasteiger charge is -2.37. The van der Waals surface area contributed by atoms with Crippen LogP contribution in [0.4, 0.5) is 24.7 Å². The first-order chi connectivity index (χ1) is 15.4. The maximum atomic E-state index is 12.7. The van der Waals surface area contributed by atoms with Crippen molar-refractivity contribution < 1.29 is 27.6 Å². The van der Waals surface area contributed by atoms with Crippen LogP contribution in [0.3, 0.4) is 0 Å². The molecule has 0 radical (unpaired) electrons. The van der Waals surface area contributed by atoms with Crippen LogP contribution in [-0.2, 0) is 9.31 Å². The number of benzene rings is 1. The van der Waals surface area contributed by atoms with Crippen molar-refractivity contribution in [1.82, 2.24) is 4.98 Å². The minimum Gasteiger partial charge on any atom is -0.399 e. The number of nitrogens with zero attached hydrogens (tertiary/aromatic N) is 3. The van der Waals surface area contributed by atoms with Gasteiger partial charge in [-0.15, -0.1) is 0 Å². The highest BCUT2D eigenvalue weighted by Crippen LogP contribution is 2.36. The molecule has 6 nitrogen and oxygen atoms in total. The van der Waals surface area contributed by atoms with Crippen molar-refractivity contribution in [3.63, 3.8) is 0 Å². The topological polar surface area (TPSA) is 58.1 Å². The summed E-state index contributed by atoms with van der Waals surface area (Å²) in [5.41, 5.74) is 1.04. The maximum absolute atomic E-state index is 12.7. The summed E-state index contributed by atoms with van der Waals surface area (Å²) in [7, 11) is -0.397. The Morgan fingerprint density at radius 3 is 1.94 bits per heavy atom. The number of aliphatic hydroxyl groups excluding tert-OH is 1. The summed E-state index contributed by atoms with van der Waals surface area (Å²) in [6, 6.07) is 11.0. The minimum absolute atomic E-state index is 0.257. The molecule has 2 aliphatic rings. The highest BCUT2D eigenvalue weighted by atomic mass is 19.4. The number of anilines is 2. The lowest BCUT2D eigenvalue weighted by Crippen LogP contribution is -2.47. The Hall–Kier alpha value is -2.30. The molecule has 33 heavy (non-hydrogen) atoms. The summed E-state index contributed by atoms with van der Waals surface area (Å²) in [5, 5.41) is 9.36. The van der Waals surface area contributed by atoms with Gasteiger partial charge in [0.1, 0.15) is 5.82 Å². The van der Waals surface area contributed by atoms with Crippen LogP contribution in [-0.4, -0.2) is 60.8 Å². The first-order valence-electron chi connectivity index (χ1n) is 11.0. The molecule has 3 heterocycles. The molecule has 0 aliphatic carbocycles. The van der Waals surface area contributed by atoms with Gasteiger partial charge < -0.3 is 24.2 Å². The van der Waals surface area contributed by atoms with Crippen LogP contribution in [0.15, 0.2) is 42.6 Å². The number of pyridine rings is 1. The van der Waals surface area contributed by atoms with Crippen molar-refractivity contribution in [2.45, 2.75) is 51.2 Å². The zero-order chi connectivity index (χ0) is 24.0. The zero-order valence-electron chi connectivity index (χ0n) is 19.3. The molecule has 0 bridgehead atoms. The Morgan fingerprint density at radius 1 is 0.909 bits per heavy atom. The highest BCUT2D eigenvalue weighted by molar-refractivity contribution is 6.62. The van der Waals surface area contributed by atoms with E-state index in [0.29, 0.717) is 18.9 Å². The second-order valence-electron chi connectivity index (χ2n) is 9.55. The lowest BCUT2D eigenvalue weighted by molar-refractivity contribution is -0.206. The molecule has 2 fully saturated rings. The van der Waals surface area contributed by atoms with Gasteiger partial charge in [-0.3, -0.25) is 0 Å². The summed E-state index contributed by atoms with van der Waals surface area (Å²) in [5.74, 6) is 0.601. The van der Waals surface area contributed by atoms with Crippen molar-refractivity contribution in [3.05, 3.63) is 48.2 Å². The van der Waals surface area contributed by atoms with Gasteiger partial charge in [-0.05, 0) is 51.4 Å². The van der Waals surface area contributed by atoms with Crippen molar-refractivity contribution >= 4 is 24.1 Å². The number of rotatable bonds is 4. The van der Waals surface area contributed by atoms with Crippen LogP contribution in [0.1, 0.15) is 39.4 Å².